The van der Waals surface area contributed by atoms with Crippen LogP contribution in [0.5, 0.6) is 0 Å². The average molecular weight is 242 g/mol. The van der Waals surface area contributed by atoms with Crippen molar-refractivity contribution in [2.75, 3.05) is 6.54 Å². The number of nitrogens with two attached hydrogens (primary N) is 2. The maximum absolute atomic E-state index is 10.9. The largest absolute Gasteiger partial charge is 0.369 e. The molecule has 0 bridgehead atoms. The van der Waals surface area contributed by atoms with Gasteiger partial charge in [0.1, 0.15) is 0 Å². The summed E-state index contributed by atoms with van der Waals surface area (Å²) < 4.78 is 0. The Labute approximate surface area is 97.7 Å². The zero-order valence-corrected chi connectivity index (χ0v) is 9.25. The Bertz CT molecular complexity index is 421. The summed E-state index contributed by atoms with van der Waals surface area (Å²) in [6.07, 6.45) is 0. The summed E-state index contributed by atoms with van der Waals surface area (Å²) in [6.45, 7) is 0.481. The van der Waals surface area contributed by atoms with E-state index in [9.17, 15) is 9.59 Å². The molecule has 5 N–H and O–H groups in total. The standard InChI is InChI=1S/C10H12ClN3O2/c11-8-3-6(10(13)16)1-2-7(8)4-14-5-9(12)15/h1-3,14H,4-5H2,(H2,12,15)(H2,13,16). The molecule has 2 amide bonds. The van der Waals surface area contributed by atoms with Crippen LogP contribution in [-0.4, -0.2) is 18.4 Å². The highest BCUT2D eigenvalue weighted by molar-refractivity contribution is 6.31. The van der Waals surface area contributed by atoms with Crippen LogP contribution in [0.4, 0.5) is 0 Å². The third-order valence-corrected chi connectivity index (χ3v) is 2.30. The van der Waals surface area contributed by atoms with Crippen molar-refractivity contribution in [1.82, 2.24) is 5.32 Å². The lowest BCUT2D eigenvalue weighted by atomic mass is 10.1. The number of nitrogens with one attached hydrogen (secondary N) is 1. The molecule has 0 aliphatic rings. The molecule has 5 nitrogen and oxygen atoms in total. The van der Waals surface area contributed by atoms with Gasteiger partial charge in [-0.15, -0.1) is 0 Å². The first-order valence-electron chi connectivity index (χ1n) is 4.58. The van der Waals surface area contributed by atoms with Crippen LogP contribution in [-0.2, 0) is 11.3 Å². The molecule has 0 saturated heterocycles. The number of hydrogen-bond donors (Lipinski definition) is 3. The number of rotatable bonds is 5. The number of benzene rings is 1. The number of carbonyl (C=O) groups excluding carboxylic acids is 2. The first-order valence-corrected chi connectivity index (χ1v) is 4.95. The summed E-state index contributed by atoms with van der Waals surface area (Å²) in [4.78, 5) is 21.3. The first kappa shape index (κ1) is 12.5. The number of hydrogen-bond acceptors (Lipinski definition) is 3. The third kappa shape index (κ3) is 3.52. The molecule has 0 unspecified atom stereocenters. The smallest absolute Gasteiger partial charge is 0.248 e. The molecule has 0 aromatic heterocycles. The molecule has 0 saturated carbocycles. The second-order valence-corrected chi connectivity index (χ2v) is 3.65. The van der Waals surface area contributed by atoms with Crippen molar-refractivity contribution in [3.63, 3.8) is 0 Å². The Hall–Kier alpha value is -1.59. The molecule has 16 heavy (non-hydrogen) atoms. The van der Waals surface area contributed by atoms with Crippen LogP contribution in [0, 0.1) is 0 Å². The quantitative estimate of drug-likeness (QED) is 0.677. The van der Waals surface area contributed by atoms with Crippen molar-refractivity contribution in [2.24, 2.45) is 11.5 Å². The molecule has 0 aliphatic heterocycles. The van der Waals surface area contributed by atoms with Gasteiger partial charge in [-0.25, -0.2) is 0 Å². The van der Waals surface area contributed by atoms with E-state index < -0.39 is 11.8 Å². The zero-order chi connectivity index (χ0) is 12.1. The molecule has 1 rings (SSSR count). The average Bonchev–Trinajstić information content (AvgIpc) is 2.19. The van der Waals surface area contributed by atoms with E-state index in [1.165, 1.54) is 6.07 Å². The van der Waals surface area contributed by atoms with Crippen molar-refractivity contribution in [1.29, 1.82) is 0 Å². The van der Waals surface area contributed by atoms with Gasteiger partial charge in [-0.05, 0) is 17.7 Å². The Balaban J connectivity index is 2.68. The number of amides is 2. The molecule has 1 aromatic carbocycles. The van der Waals surface area contributed by atoms with Crippen molar-refractivity contribution >= 4 is 23.4 Å². The molecule has 86 valence electrons. The van der Waals surface area contributed by atoms with Crippen molar-refractivity contribution in [2.45, 2.75) is 6.54 Å². The normalized spacial score (nSPS) is 10.1. The van der Waals surface area contributed by atoms with Gasteiger partial charge in [-0.3, -0.25) is 9.59 Å². The zero-order valence-electron chi connectivity index (χ0n) is 8.50. The van der Waals surface area contributed by atoms with Gasteiger partial charge >= 0.3 is 0 Å². The van der Waals surface area contributed by atoms with Crippen LogP contribution in [0.25, 0.3) is 0 Å². The summed E-state index contributed by atoms with van der Waals surface area (Å²) in [5, 5.41) is 3.24. The molecule has 0 atom stereocenters. The topological polar surface area (TPSA) is 98.2 Å². The van der Waals surface area contributed by atoms with E-state index in [0.717, 1.165) is 5.56 Å². The van der Waals surface area contributed by atoms with E-state index in [1.807, 2.05) is 0 Å². The van der Waals surface area contributed by atoms with Crippen LogP contribution >= 0.6 is 11.6 Å². The van der Waals surface area contributed by atoms with E-state index in [4.69, 9.17) is 23.1 Å². The SMILES string of the molecule is NC(=O)CNCc1ccc(C(N)=O)cc1Cl. The molecule has 1 aromatic rings. The Morgan fingerprint density at radius 2 is 2.00 bits per heavy atom. The minimum Gasteiger partial charge on any atom is -0.369 e. The van der Waals surface area contributed by atoms with Crippen molar-refractivity contribution in [3.8, 4) is 0 Å². The number of primary amides is 2. The second-order valence-electron chi connectivity index (χ2n) is 3.24. The molecule has 0 spiro atoms. The Kier molecular flexibility index (Phi) is 4.28. The summed E-state index contributed by atoms with van der Waals surface area (Å²) in [6, 6.07) is 4.75. The van der Waals surface area contributed by atoms with E-state index in [1.54, 1.807) is 12.1 Å². The van der Waals surface area contributed by atoms with Gasteiger partial charge in [0.15, 0.2) is 0 Å². The van der Waals surface area contributed by atoms with Crippen LogP contribution in [0.3, 0.4) is 0 Å². The molecule has 0 heterocycles. The number of carbonyl (C=O) groups is 2. The van der Waals surface area contributed by atoms with E-state index in [0.29, 0.717) is 17.1 Å². The van der Waals surface area contributed by atoms with Crippen LogP contribution < -0.4 is 16.8 Å². The summed E-state index contributed by atoms with van der Waals surface area (Å²) in [5.74, 6) is -0.969. The van der Waals surface area contributed by atoms with Crippen LogP contribution in [0.1, 0.15) is 15.9 Å². The monoisotopic (exact) mass is 241 g/mol. The predicted molar refractivity (Wildman–Crippen MR) is 60.9 cm³/mol. The highest BCUT2D eigenvalue weighted by Crippen LogP contribution is 2.17. The van der Waals surface area contributed by atoms with Gasteiger partial charge in [0.2, 0.25) is 11.8 Å². The molecule has 0 radical (unpaired) electrons. The summed E-state index contributed by atoms with van der Waals surface area (Å²) >= 11 is 5.92. The lowest BCUT2D eigenvalue weighted by molar-refractivity contribution is -0.117. The minimum atomic E-state index is -0.529. The molecular weight excluding hydrogens is 230 g/mol. The van der Waals surface area contributed by atoms with E-state index >= 15 is 0 Å². The first-order chi connectivity index (χ1) is 7.50. The Morgan fingerprint density at radius 1 is 1.31 bits per heavy atom. The summed E-state index contributed by atoms with van der Waals surface area (Å²) in [7, 11) is 0. The maximum atomic E-state index is 10.9. The van der Waals surface area contributed by atoms with Crippen LogP contribution in [0.15, 0.2) is 18.2 Å². The molecule has 0 aliphatic carbocycles. The van der Waals surface area contributed by atoms with Crippen molar-refractivity contribution < 1.29 is 9.59 Å². The van der Waals surface area contributed by atoms with Gasteiger partial charge in [0, 0.05) is 17.1 Å². The second kappa shape index (κ2) is 5.48. The lowest BCUT2D eigenvalue weighted by Crippen LogP contribution is -2.28. The van der Waals surface area contributed by atoms with Gasteiger partial charge in [-0.1, -0.05) is 17.7 Å². The fraction of sp³-hybridized carbons (Fsp3) is 0.200. The molecular formula is C10H12ClN3O2. The minimum absolute atomic E-state index is 0.0773. The maximum Gasteiger partial charge on any atom is 0.248 e. The highest BCUT2D eigenvalue weighted by Gasteiger charge is 2.05. The third-order valence-electron chi connectivity index (χ3n) is 1.95. The van der Waals surface area contributed by atoms with Gasteiger partial charge < -0.3 is 16.8 Å². The fourth-order valence-electron chi connectivity index (χ4n) is 1.16. The lowest BCUT2D eigenvalue weighted by Gasteiger charge is -2.06. The van der Waals surface area contributed by atoms with Crippen molar-refractivity contribution in [3.05, 3.63) is 34.3 Å². The fourth-order valence-corrected chi connectivity index (χ4v) is 1.41. The van der Waals surface area contributed by atoms with Gasteiger partial charge in [0.05, 0.1) is 6.54 Å². The van der Waals surface area contributed by atoms with Crippen LogP contribution in [0.2, 0.25) is 5.02 Å². The highest BCUT2D eigenvalue weighted by atomic mass is 35.5. The molecule has 6 heteroatoms. The van der Waals surface area contributed by atoms with Gasteiger partial charge in [-0.2, -0.15) is 0 Å². The number of halogens is 1. The molecule has 0 fully saturated rings. The Morgan fingerprint density at radius 3 is 2.50 bits per heavy atom. The summed E-state index contributed by atoms with van der Waals surface area (Å²) in [5.41, 5.74) is 11.2. The van der Waals surface area contributed by atoms with Gasteiger partial charge in [0.25, 0.3) is 0 Å². The van der Waals surface area contributed by atoms with E-state index in [-0.39, 0.29) is 6.54 Å². The predicted octanol–water partition coefficient (Wildman–Crippen LogP) is 0.0138. The van der Waals surface area contributed by atoms with E-state index in [2.05, 4.69) is 5.32 Å².